The molecule has 0 spiro atoms. The van der Waals surface area contributed by atoms with Crippen LogP contribution in [0.1, 0.15) is 49.7 Å². The lowest BCUT2D eigenvalue weighted by molar-refractivity contribution is 0.0942. The Kier molecular flexibility index (Phi) is 7.66. The van der Waals surface area contributed by atoms with Crippen LogP contribution in [-0.2, 0) is 13.1 Å². The van der Waals surface area contributed by atoms with Crippen LogP contribution in [0.2, 0.25) is 0 Å². The number of fused-ring (bicyclic) bond motifs is 2. The molecular formula is C33H36N4O2. The van der Waals surface area contributed by atoms with Crippen molar-refractivity contribution in [2.45, 2.75) is 33.4 Å². The first-order valence-corrected chi connectivity index (χ1v) is 13.5. The third kappa shape index (κ3) is 5.52. The summed E-state index contributed by atoms with van der Waals surface area (Å²) in [5, 5.41) is 3.06. The van der Waals surface area contributed by atoms with Crippen molar-refractivity contribution >= 4 is 17.5 Å². The number of aromatic nitrogens is 1. The van der Waals surface area contributed by atoms with E-state index in [1.807, 2.05) is 84.2 Å². The Hall–Kier alpha value is -4.16. The van der Waals surface area contributed by atoms with E-state index in [4.69, 9.17) is 0 Å². The summed E-state index contributed by atoms with van der Waals surface area (Å²) in [5.74, 6) is -0.133. The number of carbonyl (C=O) groups is 2. The number of anilines is 1. The van der Waals surface area contributed by atoms with Crippen LogP contribution in [0.25, 0.3) is 11.1 Å². The average molecular weight is 521 g/mol. The maximum absolute atomic E-state index is 14.0. The van der Waals surface area contributed by atoms with Crippen LogP contribution in [0.5, 0.6) is 0 Å². The molecule has 2 amide bonds. The topological polar surface area (TPSA) is 57.6 Å². The first kappa shape index (κ1) is 26.4. The maximum Gasteiger partial charge on any atom is 0.267 e. The second-order valence-corrected chi connectivity index (χ2v) is 10.6. The van der Waals surface area contributed by atoms with Crippen LogP contribution in [0, 0.1) is 13.8 Å². The molecule has 0 unspecified atom stereocenters. The molecule has 200 valence electrons. The van der Waals surface area contributed by atoms with E-state index >= 15 is 0 Å². The van der Waals surface area contributed by atoms with Gasteiger partial charge in [0.2, 0.25) is 0 Å². The minimum atomic E-state index is -0.0836. The molecule has 5 rings (SSSR count). The molecule has 0 saturated heterocycles. The van der Waals surface area contributed by atoms with Crippen molar-refractivity contribution in [2.24, 2.45) is 0 Å². The second kappa shape index (κ2) is 11.3. The van der Waals surface area contributed by atoms with Crippen LogP contribution in [0.3, 0.4) is 0 Å². The predicted molar refractivity (Wildman–Crippen MR) is 157 cm³/mol. The molecule has 2 heterocycles. The van der Waals surface area contributed by atoms with Gasteiger partial charge in [-0.1, -0.05) is 48.5 Å². The lowest BCUT2D eigenvalue weighted by Gasteiger charge is -2.23. The Bertz CT molecular complexity index is 1520. The third-order valence-corrected chi connectivity index (χ3v) is 7.46. The van der Waals surface area contributed by atoms with Gasteiger partial charge < -0.3 is 19.7 Å². The van der Waals surface area contributed by atoms with Crippen molar-refractivity contribution in [2.75, 3.05) is 32.1 Å². The van der Waals surface area contributed by atoms with Gasteiger partial charge in [-0.15, -0.1) is 0 Å². The minimum Gasteiger partial charge on any atom is -0.351 e. The van der Waals surface area contributed by atoms with Crippen molar-refractivity contribution < 1.29 is 9.59 Å². The number of nitrogens with one attached hydrogen (secondary N) is 1. The van der Waals surface area contributed by atoms with Crippen molar-refractivity contribution in [1.82, 2.24) is 14.8 Å². The van der Waals surface area contributed by atoms with Gasteiger partial charge in [0.25, 0.3) is 11.8 Å². The average Bonchev–Trinajstić information content (AvgIpc) is 3.24. The zero-order chi connectivity index (χ0) is 27.5. The number of benzene rings is 3. The van der Waals surface area contributed by atoms with Gasteiger partial charge in [0, 0.05) is 23.5 Å². The standard InChI is InChI=1S/C33H36N4O2/c1-23-10-5-7-12-28(23)29-16-14-25(20-24(29)2)33(39)37-22-27-15-17-31(32(38)34-18-9-19-35(3)4)36(27)21-26-11-6-8-13-30(26)37/h5-8,10-17,20H,9,18-19,21-22H2,1-4H3,(H,34,38). The number of aryl methyl sites for hydroxylation is 2. The number of hydrogen-bond donors (Lipinski definition) is 1. The van der Waals surface area contributed by atoms with Gasteiger partial charge in [0.1, 0.15) is 5.69 Å². The molecule has 3 aromatic carbocycles. The van der Waals surface area contributed by atoms with Gasteiger partial charge in [0.05, 0.1) is 13.1 Å². The molecule has 0 fully saturated rings. The van der Waals surface area contributed by atoms with Gasteiger partial charge >= 0.3 is 0 Å². The zero-order valence-electron chi connectivity index (χ0n) is 23.2. The van der Waals surface area contributed by atoms with Crippen LogP contribution >= 0.6 is 0 Å². The van der Waals surface area contributed by atoms with E-state index in [9.17, 15) is 9.59 Å². The van der Waals surface area contributed by atoms with Crippen LogP contribution < -0.4 is 10.2 Å². The highest BCUT2D eigenvalue weighted by Gasteiger charge is 2.27. The Morgan fingerprint density at radius 2 is 1.59 bits per heavy atom. The minimum absolute atomic E-state index is 0.0498. The summed E-state index contributed by atoms with van der Waals surface area (Å²) >= 11 is 0. The number of carbonyl (C=O) groups excluding carboxylic acids is 2. The molecule has 4 aromatic rings. The molecule has 0 atom stereocenters. The second-order valence-electron chi connectivity index (χ2n) is 10.6. The molecule has 1 aliphatic rings. The monoisotopic (exact) mass is 520 g/mol. The number of nitrogens with zero attached hydrogens (tertiary/aromatic N) is 3. The zero-order valence-corrected chi connectivity index (χ0v) is 23.2. The molecule has 0 bridgehead atoms. The summed E-state index contributed by atoms with van der Waals surface area (Å²) in [6, 6.07) is 26.1. The number of rotatable bonds is 7. The fraction of sp³-hybridized carbons (Fsp3) is 0.273. The normalized spacial score (nSPS) is 12.6. The van der Waals surface area contributed by atoms with Gasteiger partial charge in [-0.05, 0) is 99.1 Å². The van der Waals surface area contributed by atoms with E-state index < -0.39 is 0 Å². The summed E-state index contributed by atoms with van der Waals surface area (Å²) in [4.78, 5) is 31.0. The quantitative estimate of drug-likeness (QED) is 0.320. The van der Waals surface area contributed by atoms with Crippen molar-refractivity contribution in [3.05, 3.63) is 113 Å². The highest BCUT2D eigenvalue weighted by atomic mass is 16.2. The molecule has 1 N–H and O–H groups in total. The van der Waals surface area contributed by atoms with Gasteiger partial charge in [-0.3, -0.25) is 9.59 Å². The Morgan fingerprint density at radius 3 is 2.36 bits per heavy atom. The van der Waals surface area contributed by atoms with E-state index in [0.29, 0.717) is 30.9 Å². The molecule has 1 aliphatic heterocycles. The number of hydrogen-bond acceptors (Lipinski definition) is 3. The molecule has 0 saturated carbocycles. The summed E-state index contributed by atoms with van der Waals surface area (Å²) < 4.78 is 2.04. The largest absolute Gasteiger partial charge is 0.351 e. The molecule has 0 radical (unpaired) electrons. The Balaban J connectivity index is 1.43. The van der Waals surface area contributed by atoms with Crippen molar-refractivity contribution in [3.8, 4) is 11.1 Å². The molecule has 0 aliphatic carbocycles. The molecule has 6 heteroatoms. The van der Waals surface area contributed by atoms with Crippen molar-refractivity contribution in [3.63, 3.8) is 0 Å². The van der Waals surface area contributed by atoms with Gasteiger partial charge in [-0.2, -0.15) is 0 Å². The summed E-state index contributed by atoms with van der Waals surface area (Å²) in [6.45, 7) is 6.63. The Labute approximate surface area is 230 Å². The molecular weight excluding hydrogens is 484 g/mol. The van der Waals surface area contributed by atoms with Gasteiger partial charge in [-0.25, -0.2) is 0 Å². The summed E-state index contributed by atoms with van der Waals surface area (Å²) in [7, 11) is 4.05. The first-order valence-electron chi connectivity index (χ1n) is 13.5. The van der Waals surface area contributed by atoms with Crippen LogP contribution in [-0.4, -0.2) is 48.5 Å². The van der Waals surface area contributed by atoms with E-state index in [-0.39, 0.29) is 11.8 Å². The van der Waals surface area contributed by atoms with Crippen LogP contribution in [0.15, 0.2) is 78.9 Å². The van der Waals surface area contributed by atoms with E-state index in [2.05, 4.69) is 42.3 Å². The third-order valence-electron chi connectivity index (χ3n) is 7.46. The maximum atomic E-state index is 14.0. The predicted octanol–water partition coefficient (Wildman–Crippen LogP) is 5.66. The van der Waals surface area contributed by atoms with Crippen molar-refractivity contribution in [1.29, 1.82) is 0 Å². The Morgan fingerprint density at radius 1 is 0.846 bits per heavy atom. The van der Waals surface area contributed by atoms with Gasteiger partial charge in [0.15, 0.2) is 0 Å². The lowest BCUT2D eigenvalue weighted by Crippen LogP contribution is -2.31. The highest BCUT2D eigenvalue weighted by molar-refractivity contribution is 6.07. The smallest absolute Gasteiger partial charge is 0.267 e. The highest BCUT2D eigenvalue weighted by Crippen LogP contribution is 2.32. The fourth-order valence-corrected chi connectivity index (χ4v) is 5.36. The summed E-state index contributed by atoms with van der Waals surface area (Å²) in [6.07, 6.45) is 0.888. The SMILES string of the molecule is Cc1ccccc1-c1ccc(C(=O)N2Cc3ccc(C(=O)NCCCN(C)C)n3Cc3ccccc32)cc1C. The molecule has 39 heavy (non-hydrogen) atoms. The van der Waals surface area contributed by atoms with Crippen LogP contribution in [0.4, 0.5) is 5.69 Å². The lowest BCUT2D eigenvalue weighted by atomic mass is 9.95. The first-order chi connectivity index (χ1) is 18.8. The number of para-hydroxylation sites is 1. The number of amides is 2. The molecule has 1 aromatic heterocycles. The van der Waals surface area contributed by atoms with E-state index in [1.54, 1.807) is 0 Å². The van der Waals surface area contributed by atoms with E-state index in [1.165, 1.54) is 11.1 Å². The summed E-state index contributed by atoms with van der Waals surface area (Å²) in [5.41, 5.74) is 8.69. The fourth-order valence-electron chi connectivity index (χ4n) is 5.36. The van der Waals surface area contributed by atoms with E-state index in [0.717, 1.165) is 41.0 Å². The molecule has 6 nitrogen and oxygen atoms in total.